The van der Waals surface area contributed by atoms with Crippen LogP contribution in [0.1, 0.15) is 68.7 Å². The quantitative estimate of drug-likeness (QED) is 0.204. The molecule has 2 atom stereocenters. The molecule has 3 rings (SSSR count). The highest BCUT2D eigenvalue weighted by Crippen LogP contribution is 2.58. The molecule has 0 radical (unpaired) electrons. The fraction of sp³-hybridized carbons (Fsp3) is 0.517. The van der Waals surface area contributed by atoms with Gasteiger partial charge in [-0.05, 0) is 37.6 Å². The van der Waals surface area contributed by atoms with E-state index in [1.807, 2.05) is 37.3 Å². The van der Waals surface area contributed by atoms with Crippen molar-refractivity contribution in [1.82, 2.24) is 10.2 Å². The molecule has 0 bridgehead atoms. The lowest BCUT2D eigenvalue weighted by molar-refractivity contribution is -0.201. The first-order valence-electron chi connectivity index (χ1n) is 13.5. The molecule has 0 spiro atoms. The summed E-state index contributed by atoms with van der Waals surface area (Å²) in [6.07, 6.45) is -2.35. The molecule has 0 unspecified atom stereocenters. The smallest absolute Gasteiger partial charge is 0.491 e. The molecule has 0 saturated carbocycles. The van der Waals surface area contributed by atoms with Gasteiger partial charge in [-0.2, -0.15) is 23.8 Å². The molecule has 8 nitrogen and oxygen atoms in total. The van der Waals surface area contributed by atoms with Crippen LogP contribution in [-0.2, 0) is 20.9 Å². The van der Waals surface area contributed by atoms with Gasteiger partial charge < -0.3 is 14.4 Å². The standard InChI is InChI=1S/C29H39F3N2O6S/c1-5-7-14-28(6-2)19-41(37,38)24-16-21(18-34(3)15-13-25(35)40-27(36)29(30,31)32)23(39-4)17-22(24)26(33-28)20-11-9-8-10-12-20/h8-12,16-17,26,33,37-38H,5-7,13-15,18-19H2,1-4H3/t26-,28-/m1/s1. The second-order valence-corrected chi connectivity index (χ2v) is 12.5. The van der Waals surface area contributed by atoms with E-state index >= 15 is 0 Å². The number of methoxy groups -OCH3 is 1. The molecule has 2 aromatic carbocycles. The van der Waals surface area contributed by atoms with Crippen LogP contribution in [0.3, 0.4) is 0 Å². The number of ether oxygens (including phenoxy) is 2. The zero-order valence-corrected chi connectivity index (χ0v) is 24.6. The van der Waals surface area contributed by atoms with Gasteiger partial charge in [0.25, 0.3) is 0 Å². The third-order valence-corrected chi connectivity index (χ3v) is 9.41. The van der Waals surface area contributed by atoms with Crippen LogP contribution in [0.25, 0.3) is 0 Å². The van der Waals surface area contributed by atoms with Crippen molar-refractivity contribution in [2.24, 2.45) is 0 Å². The van der Waals surface area contributed by atoms with Crippen LogP contribution in [0.2, 0.25) is 0 Å². The molecular weight excluding hydrogens is 561 g/mol. The van der Waals surface area contributed by atoms with Crippen LogP contribution in [0.4, 0.5) is 13.2 Å². The molecule has 12 heteroatoms. The third-order valence-electron chi connectivity index (χ3n) is 7.40. The highest BCUT2D eigenvalue weighted by atomic mass is 32.3. The lowest BCUT2D eigenvalue weighted by Gasteiger charge is -2.42. The van der Waals surface area contributed by atoms with Crippen LogP contribution in [0, 0.1) is 0 Å². The van der Waals surface area contributed by atoms with Gasteiger partial charge in [-0.15, -0.1) is 0 Å². The fourth-order valence-electron chi connectivity index (χ4n) is 5.14. The fourth-order valence-corrected chi connectivity index (χ4v) is 7.38. The van der Waals surface area contributed by atoms with Crippen molar-refractivity contribution < 1.29 is 41.3 Å². The Kier molecular flexibility index (Phi) is 10.9. The Morgan fingerprint density at radius 3 is 2.44 bits per heavy atom. The summed E-state index contributed by atoms with van der Waals surface area (Å²) in [5.74, 6) is -3.21. The van der Waals surface area contributed by atoms with Gasteiger partial charge in [-0.1, -0.05) is 57.0 Å². The first-order chi connectivity index (χ1) is 19.2. The van der Waals surface area contributed by atoms with E-state index in [9.17, 15) is 31.9 Å². The molecule has 0 amide bonds. The summed E-state index contributed by atoms with van der Waals surface area (Å²) in [5.41, 5.74) is 1.75. The van der Waals surface area contributed by atoms with Crippen LogP contribution >= 0.6 is 10.6 Å². The van der Waals surface area contributed by atoms with E-state index in [0.29, 0.717) is 28.2 Å². The number of esters is 2. The number of rotatable bonds is 11. The monoisotopic (exact) mass is 600 g/mol. The van der Waals surface area contributed by atoms with Gasteiger partial charge in [-0.3, -0.25) is 19.2 Å². The minimum absolute atomic E-state index is 0.00931. The molecular formula is C29H39F3N2O6S. The van der Waals surface area contributed by atoms with Crippen molar-refractivity contribution in [1.29, 1.82) is 0 Å². The van der Waals surface area contributed by atoms with E-state index in [4.69, 9.17) is 4.74 Å². The normalized spacial score (nSPS) is 21.1. The number of hydrogen-bond donors (Lipinski definition) is 3. The Labute approximate surface area is 240 Å². The zero-order chi connectivity index (χ0) is 30.4. The number of nitrogens with zero attached hydrogens (tertiary/aromatic N) is 1. The van der Waals surface area contributed by atoms with Crippen LogP contribution in [0.15, 0.2) is 47.4 Å². The Morgan fingerprint density at radius 1 is 1.17 bits per heavy atom. The maximum atomic E-state index is 12.4. The van der Waals surface area contributed by atoms with E-state index < -0.39 is 40.7 Å². The summed E-state index contributed by atoms with van der Waals surface area (Å²) >= 11 is 0. The minimum Gasteiger partial charge on any atom is -0.496 e. The van der Waals surface area contributed by atoms with E-state index in [2.05, 4.69) is 17.0 Å². The number of unbranched alkanes of at least 4 members (excludes halogenated alkanes) is 1. The zero-order valence-electron chi connectivity index (χ0n) is 23.8. The minimum atomic E-state index is -5.25. The summed E-state index contributed by atoms with van der Waals surface area (Å²) < 4.78 is 70.0. The van der Waals surface area contributed by atoms with Crippen LogP contribution in [0.5, 0.6) is 5.75 Å². The number of nitrogens with one attached hydrogen (secondary N) is 1. The van der Waals surface area contributed by atoms with Crippen molar-refractivity contribution in [3.05, 3.63) is 59.2 Å². The summed E-state index contributed by atoms with van der Waals surface area (Å²) in [6.45, 7) is 4.32. The molecule has 0 aromatic heterocycles. The largest absolute Gasteiger partial charge is 0.496 e. The molecule has 1 heterocycles. The van der Waals surface area contributed by atoms with Gasteiger partial charge in [0.15, 0.2) is 0 Å². The second kappa shape index (κ2) is 13.6. The molecule has 1 aliphatic heterocycles. The third kappa shape index (κ3) is 8.23. The number of halogens is 3. The van der Waals surface area contributed by atoms with Crippen molar-refractivity contribution in [3.63, 3.8) is 0 Å². The van der Waals surface area contributed by atoms with Gasteiger partial charge in [0.05, 0.1) is 30.2 Å². The first kappa shape index (κ1) is 32.9. The lowest BCUT2D eigenvalue weighted by atomic mass is 9.88. The number of carbonyl (C=O) groups excluding carboxylic acids is 2. The number of alkyl halides is 3. The molecule has 3 N–H and O–H groups in total. The second-order valence-electron chi connectivity index (χ2n) is 10.5. The van der Waals surface area contributed by atoms with Crippen LogP contribution in [-0.4, -0.2) is 64.1 Å². The topological polar surface area (TPSA) is 108 Å². The van der Waals surface area contributed by atoms with Crippen molar-refractivity contribution in [2.75, 3.05) is 26.5 Å². The number of fused-ring (bicyclic) bond motifs is 1. The molecule has 0 aliphatic carbocycles. The van der Waals surface area contributed by atoms with Gasteiger partial charge in [-0.25, -0.2) is 4.79 Å². The summed E-state index contributed by atoms with van der Waals surface area (Å²) in [5, 5.41) is 3.79. The SMILES string of the molecule is CCCC[C@]1(CC)CS(O)(O)c2cc(CN(C)CCC(=O)OC(=O)C(F)(F)F)c(OC)cc2[C@@H](c2ccccc2)N1. The molecule has 0 fully saturated rings. The molecule has 41 heavy (non-hydrogen) atoms. The number of benzene rings is 2. The van der Waals surface area contributed by atoms with E-state index in [0.717, 1.165) is 24.8 Å². The average Bonchev–Trinajstić information content (AvgIpc) is 3.02. The maximum Gasteiger partial charge on any atom is 0.491 e. The van der Waals surface area contributed by atoms with E-state index in [1.54, 1.807) is 24.1 Å². The Balaban J connectivity index is 1.96. The molecule has 0 saturated heterocycles. The number of carbonyl (C=O) groups is 2. The summed E-state index contributed by atoms with van der Waals surface area (Å²) in [7, 11) is -0.116. The van der Waals surface area contributed by atoms with Gasteiger partial charge in [0.1, 0.15) is 5.75 Å². The van der Waals surface area contributed by atoms with Gasteiger partial charge in [0.2, 0.25) is 0 Å². The highest BCUT2D eigenvalue weighted by molar-refractivity contribution is 8.24. The first-order valence-corrected chi connectivity index (χ1v) is 15.3. The molecule has 228 valence electrons. The predicted octanol–water partition coefficient (Wildman–Crippen LogP) is 6.29. The summed E-state index contributed by atoms with van der Waals surface area (Å²) in [6, 6.07) is 13.0. The molecule has 1 aliphatic rings. The van der Waals surface area contributed by atoms with Crippen molar-refractivity contribution in [3.8, 4) is 5.75 Å². The van der Waals surface area contributed by atoms with Gasteiger partial charge in [0, 0.05) is 29.8 Å². The van der Waals surface area contributed by atoms with Crippen molar-refractivity contribution in [2.45, 2.75) is 75.1 Å². The maximum absolute atomic E-state index is 12.4. The van der Waals surface area contributed by atoms with E-state index in [-0.39, 0.29) is 24.9 Å². The lowest BCUT2D eigenvalue weighted by Crippen LogP contribution is -2.49. The van der Waals surface area contributed by atoms with Crippen LogP contribution < -0.4 is 10.1 Å². The Morgan fingerprint density at radius 2 is 1.85 bits per heavy atom. The summed E-state index contributed by atoms with van der Waals surface area (Å²) in [4.78, 5) is 24.7. The Hall–Kier alpha value is -2.64. The average molecular weight is 601 g/mol. The Bertz CT molecular complexity index is 1210. The molecule has 2 aromatic rings. The number of hydrogen-bond acceptors (Lipinski definition) is 8. The van der Waals surface area contributed by atoms with Gasteiger partial charge >= 0.3 is 18.1 Å². The van der Waals surface area contributed by atoms with Crippen molar-refractivity contribution >= 4 is 22.5 Å². The highest BCUT2D eigenvalue weighted by Gasteiger charge is 2.43. The van der Waals surface area contributed by atoms with E-state index in [1.165, 1.54) is 7.11 Å². The predicted molar refractivity (Wildman–Crippen MR) is 151 cm³/mol.